The lowest BCUT2D eigenvalue weighted by atomic mass is 10.2. The van der Waals surface area contributed by atoms with Gasteiger partial charge in [0.15, 0.2) is 0 Å². The fraction of sp³-hybridized carbons (Fsp3) is 0.308. The van der Waals surface area contributed by atoms with Gasteiger partial charge in [-0.15, -0.1) is 0 Å². The van der Waals surface area contributed by atoms with Crippen LogP contribution in [-0.4, -0.2) is 72.2 Å². The highest BCUT2D eigenvalue weighted by atomic mass is 19.1. The molecule has 186 valence electrons. The van der Waals surface area contributed by atoms with E-state index in [4.69, 9.17) is 4.74 Å². The van der Waals surface area contributed by atoms with Crippen molar-refractivity contribution >= 4 is 34.0 Å². The van der Waals surface area contributed by atoms with Crippen molar-refractivity contribution in [3.8, 4) is 6.01 Å². The Morgan fingerprint density at radius 2 is 1.69 bits per heavy atom. The summed E-state index contributed by atoms with van der Waals surface area (Å²) in [6.07, 6.45) is 3.59. The summed E-state index contributed by atoms with van der Waals surface area (Å²) in [6, 6.07) is 12.3. The zero-order valence-corrected chi connectivity index (χ0v) is 20.6. The van der Waals surface area contributed by atoms with Gasteiger partial charge in [-0.1, -0.05) is 12.1 Å². The molecule has 0 spiro atoms. The molecule has 5 rings (SSSR count). The number of likely N-dealkylation sites (N-methyl/N-ethyl adjacent to an activating group) is 1. The van der Waals surface area contributed by atoms with E-state index in [2.05, 4.69) is 48.2 Å². The van der Waals surface area contributed by atoms with Gasteiger partial charge in [-0.3, -0.25) is 0 Å². The number of nitrogens with one attached hydrogen (secondary N) is 1. The van der Waals surface area contributed by atoms with Crippen molar-refractivity contribution in [3.05, 3.63) is 66.2 Å². The molecule has 1 aliphatic heterocycles. The zero-order valence-electron chi connectivity index (χ0n) is 20.6. The molecule has 36 heavy (non-hydrogen) atoms. The van der Waals surface area contributed by atoms with Crippen molar-refractivity contribution in [2.45, 2.75) is 6.61 Å². The number of pyridine rings is 2. The Morgan fingerprint density at radius 3 is 2.39 bits per heavy atom. The quantitative estimate of drug-likeness (QED) is 0.419. The highest BCUT2D eigenvalue weighted by Gasteiger charge is 2.15. The molecule has 1 N–H and O–H groups in total. The lowest BCUT2D eigenvalue weighted by molar-refractivity contribution is 0.282. The first kappa shape index (κ1) is 23.7. The fourth-order valence-corrected chi connectivity index (χ4v) is 4.04. The second-order valence-corrected chi connectivity index (χ2v) is 9.04. The first-order valence-corrected chi connectivity index (χ1v) is 11.8. The normalized spacial score (nSPS) is 14.2. The average Bonchev–Trinajstić information content (AvgIpc) is 2.89. The van der Waals surface area contributed by atoms with E-state index in [0.717, 1.165) is 42.8 Å². The number of nitrogens with zero attached hydrogens (tertiary/aromatic N) is 7. The Balaban J connectivity index is 1.32. The van der Waals surface area contributed by atoms with Crippen molar-refractivity contribution < 1.29 is 9.13 Å². The molecule has 1 fully saturated rings. The minimum atomic E-state index is -0.285. The Bertz CT molecular complexity index is 1320. The summed E-state index contributed by atoms with van der Waals surface area (Å²) < 4.78 is 18.9. The summed E-state index contributed by atoms with van der Waals surface area (Å²) in [5.41, 5.74) is 2.61. The summed E-state index contributed by atoms with van der Waals surface area (Å²) in [7, 11) is 5.98. The van der Waals surface area contributed by atoms with Gasteiger partial charge in [-0.2, -0.15) is 9.97 Å². The van der Waals surface area contributed by atoms with Crippen LogP contribution in [0.5, 0.6) is 6.01 Å². The van der Waals surface area contributed by atoms with Crippen molar-refractivity contribution in [3.63, 3.8) is 0 Å². The number of anilines is 4. The fourth-order valence-electron chi connectivity index (χ4n) is 4.04. The first-order chi connectivity index (χ1) is 17.4. The molecule has 0 aliphatic carbocycles. The van der Waals surface area contributed by atoms with Crippen LogP contribution in [0.1, 0.15) is 5.56 Å². The van der Waals surface area contributed by atoms with Gasteiger partial charge in [-0.25, -0.2) is 14.4 Å². The Labute approximate surface area is 209 Å². The van der Waals surface area contributed by atoms with E-state index in [9.17, 15) is 4.39 Å². The lowest BCUT2D eigenvalue weighted by Gasteiger charge is -2.33. The SMILES string of the molecule is CN1CCN(c2ccc(Nc3cc4c(N(C)C)nc(OCc5ccc(F)cc5)nc4cn3)nc2)CC1. The van der Waals surface area contributed by atoms with Crippen molar-refractivity contribution in [2.24, 2.45) is 0 Å². The van der Waals surface area contributed by atoms with Gasteiger partial charge in [0.2, 0.25) is 0 Å². The topological polar surface area (TPSA) is 82.5 Å². The number of hydrogen-bond donors (Lipinski definition) is 1. The number of ether oxygens (including phenoxy) is 1. The highest BCUT2D eigenvalue weighted by Crippen LogP contribution is 2.28. The average molecular weight is 489 g/mol. The lowest BCUT2D eigenvalue weighted by Crippen LogP contribution is -2.44. The van der Waals surface area contributed by atoms with Gasteiger partial charge < -0.3 is 24.8 Å². The molecular weight excluding hydrogens is 459 g/mol. The molecule has 0 amide bonds. The molecule has 1 aliphatic rings. The molecule has 3 aromatic heterocycles. The van der Waals surface area contributed by atoms with Crippen LogP contribution in [0.25, 0.3) is 10.9 Å². The predicted octanol–water partition coefficient (Wildman–Crippen LogP) is 3.70. The third-order valence-corrected chi connectivity index (χ3v) is 6.12. The molecule has 0 unspecified atom stereocenters. The predicted molar refractivity (Wildman–Crippen MR) is 140 cm³/mol. The van der Waals surface area contributed by atoms with Gasteiger partial charge in [0.25, 0.3) is 0 Å². The van der Waals surface area contributed by atoms with Gasteiger partial charge in [0.05, 0.1) is 23.6 Å². The largest absolute Gasteiger partial charge is 0.459 e. The van der Waals surface area contributed by atoms with Crippen LogP contribution in [0.2, 0.25) is 0 Å². The highest BCUT2D eigenvalue weighted by molar-refractivity contribution is 5.91. The van der Waals surface area contributed by atoms with Crippen molar-refractivity contribution in [1.29, 1.82) is 0 Å². The number of piperazine rings is 1. The van der Waals surface area contributed by atoms with Crippen LogP contribution in [0.4, 0.5) is 27.5 Å². The molecule has 0 bridgehead atoms. The van der Waals surface area contributed by atoms with Crippen molar-refractivity contribution in [1.82, 2.24) is 24.8 Å². The van der Waals surface area contributed by atoms with E-state index in [-0.39, 0.29) is 18.4 Å². The smallest absolute Gasteiger partial charge is 0.319 e. The second-order valence-electron chi connectivity index (χ2n) is 9.04. The second kappa shape index (κ2) is 10.3. The monoisotopic (exact) mass is 488 g/mol. The third kappa shape index (κ3) is 5.44. The molecular formula is C26H29FN8O. The van der Waals surface area contributed by atoms with Gasteiger partial charge in [0.1, 0.15) is 29.9 Å². The number of benzene rings is 1. The van der Waals surface area contributed by atoms with E-state index in [0.29, 0.717) is 23.0 Å². The molecule has 1 aromatic carbocycles. The van der Waals surface area contributed by atoms with E-state index in [1.807, 2.05) is 37.3 Å². The molecule has 0 atom stereocenters. The van der Waals surface area contributed by atoms with E-state index in [1.54, 1.807) is 18.3 Å². The van der Waals surface area contributed by atoms with Crippen LogP contribution in [0, 0.1) is 5.82 Å². The first-order valence-electron chi connectivity index (χ1n) is 11.8. The standard InChI is InChI=1S/C26H29FN8O/c1-33(2)25-21-14-24(31-23-9-8-20(15-28-23)35-12-10-34(3)11-13-35)29-16-22(21)30-26(32-25)36-17-18-4-6-19(27)7-5-18/h4-9,14-16H,10-13,17H2,1-3H3,(H,28,29,31). The Morgan fingerprint density at radius 1 is 0.944 bits per heavy atom. The molecule has 0 saturated carbocycles. The summed E-state index contributed by atoms with van der Waals surface area (Å²) >= 11 is 0. The van der Waals surface area contributed by atoms with Crippen LogP contribution in [-0.2, 0) is 6.61 Å². The third-order valence-electron chi connectivity index (χ3n) is 6.12. The maximum absolute atomic E-state index is 13.2. The number of fused-ring (bicyclic) bond motifs is 1. The minimum Gasteiger partial charge on any atom is -0.459 e. The number of rotatable bonds is 7. The summed E-state index contributed by atoms with van der Waals surface area (Å²) in [5.74, 6) is 1.78. The molecule has 4 heterocycles. The number of halogens is 1. The molecule has 9 nitrogen and oxygen atoms in total. The summed E-state index contributed by atoms with van der Waals surface area (Å²) in [6.45, 7) is 4.34. The zero-order chi connectivity index (χ0) is 25.1. The van der Waals surface area contributed by atoms with Gasteiger partial charge in [0, 0.05) is 45.7 Å². The van der Waals surface area contributed by atoms with Gasteiger partial charge >= 0.3 is 6.01 Å². The number of hydrogen-bond acceptors (Lipinski definition) is 9. The molecule has 4 aromatic rings. The Hall–Kier alpha value is -4.05. The molecule has 10 heteroatoms. The Kier molecular flexibility index (Phi) is 6.77. The number of aromatic nitrogens is 4. The molecule has 0 radical (unpaired) electrons. The summed E-state index contributed by atoms with van der Waals surface area (Å²) in [4.78, 5) is 24.8. The van der Waals surface area contributed by atoms with Crippen molar-refractivity contribution in [2.75, 3.05) is 62.4 Å². The molecule has 1 saturated heterocycles. The van der Waals surface area contributed by atoms with Crippen LogP contribution < -0.4 is 19.9 Å². The van der Waals surface area contributed by atoms with E-state index in [1.165, 1.54) is 12.1 Å². The van der Waals surface area contributed by atoms with E-state index < -0.39 is 0 Å². The maximum atomic E-state index is 13.2. The maximum Gasteiger partial charge on any atom is 0.319 e. The summed E-state index contributed by atoms with van der Waals surface area (Å²) in [5, 5.41) is 4.11. The van der Waals surface area contributed by atoms with Crippen LogP contribution in [0.3, 0.4) is 0 Å². The van der Waals surface area contributed by atoms with E-state index >= 15 is 0 Å². The van der Waals surface area contributed by atoms with Crippen LogP contribution >= 0.6 is 0 Å². The van der Waals surface area contributed by atoms with Crippen LogP contribution in [0.15, 0.2) is 54.9 Å². The van der Waals surface area contributed by atoms with Gasteiger partial charge in [-0.05, 0) is 42.9 Å². The minimum absolute atomic E-state index is 0.235.